The third-order valence-corrected chi connectivity index (χ3v) is 3.51. The molecule has 0 bridgehead atoms. The summed E-state index contributed by atoms with van der Waals surface area (Å²) in [6.07, 6.45) is 5.80. The largest absolute Gasteiger partial charge is 0.421 e. The third-order valence-electron chi connectivity index (χ3n) is 3.51. The van der Waals surface area contributed by atoms with Crippen molar-refractivity contribution in [3.8, 4) is 0 Å². The fourth-order valence-electron chi connectivity index (χ4n) is 2.67. The molecule has 1 aliphatic heterocycles. The summed E-state index contributed by atoms with van der Waals surface area (Å²) in [4.78, 5) is 25.0. The van der Waals surface area contributed by atoms with Crippen molar-refractivity contribution in [2.24, 2.45) is 0 Å². The zero-order chi connectivity index (χ0) is 12.4. The second-order valence-electron chi connectivity index (χ2n) is 4.93. The van der Waals surface area contributed by atoms with Crippen LogP contribution in [0.3, 0.4) is 0 Å². The summed E-state index contributed by atoms with van der Waals surface area (Å²) in [5.74, 6) is -0.272. The SMILES string of the molecule is CC(=O)OC1=C(C)CN(C2CCCCC2)C1=O. The van der Waals surface area contributed by atoms with Crippen LogP contribution in [0.5, 0.6) is 0 Å². The van der Waals surface area contributed by atoms with E-state index in [9.17, 15) is 9.59 Å². The molecule has 0 spiro atoms. The lowest BCUT2D eigenvalue weighted by atomic mass is 9.94. The van der Waals surface area contributed by atoms with Crippen LogP contribution in [0.1, 0.15) is 46.0 Å². The molecule has 0 atom stereocenters. The van der Waals surface area contributed by atoms with Crippen molar-refractivity contribution in [1.29, 1.82) is 0 Å². The summed E-state index contributed by atoms with van der Waals surface area (Å²) in [6, 6.07) is 0.333. The molecule has 4 nitrogen and oxygen atoms in total. The normalized spacial score (nSPS) is 22.2. The van der Waals surface area contributed by atoms with E-state index < -0.39 is 5.97 Å². The van der Waals surface area contributed by atoms with E-state index in [-0.39, 0.29) is 11.7 Å². The highest BCUT2D eigenvalue weighted by Crippen LogP contribution is 2.29. The van der Waals surface area contributed by atoms with E-state index in [4.69, 9.17) is 4.74 Å². The van der Waals surface area contributed by atoms with Crippen LogP contribution in [0.2, 0.25) is 0 Å². The molecule has 1 amide bonds. The topological polar surface area (TPSA) is 46.6 Å². The molecule has 0 aromatic carbocycles. The first kappa shape index (κ1) is 12.1. The van der Waals surface area contributed by atoms with Crippen LogP contribution in [0.15, 0.2) is 11.3 Å². The number of hydrogen-bond acceptors (Lipinski definition) is 3. The van der Waals surface area contributed by atoms with Gasteiger partial charge in [0.05, 0.1) is 0 Å². The molecule has 0 unspecified atom stereocenters. The highest BCUT2D eigenvalue weighted by molar-refractivity contribution is 5.97. The molecule has 0 N–H and O–H groups in total. The van der Waals surface area contributed by atoms with Crippen molar-refractivity contribution >= 4 is 11.9 Å². The number of ether oxygens (including phenoxy) is 1. The molecule has 94 valence electrons. The first-order valence-corrected chi connectivity index (χ1v) is 6.28. The van der Waals surface area contributed by atoms with Crippen molar-refractivity contribution < 1.29 is 14.3 Å². The molecule has 0 aromatic rings. The van der Waals surface area contributed by atoms with Gasteiger partial charge < -0.3 is 9.64 Å². The average molecular weight is 237 g/mol. The fourth-order valence-corrected chi connectivity index (χ4v) is 2.67. The Morgan fingerprint density at radius 2 is 1.94 bits per heavy atom. The Labute approximate surface area is 102 Å². The quantitative estimate of drug-likeness (QED) is 0.690. The first-order chi connectivity index (χ1) is 8.09. The number of carbonyl (C=O) groups is 2. The molecule has 4 heteroatoms. The van der Waals surface area contributed by atoms with E-state index in [1.54, 1.807) is 0 Å². The predicted molar refractivity (Wildman–Crippen MR) is 63.1 cm³/mol. The van der Waals surface area contributed by atoms with Crippen molar-refractivity contribution in [3.63, 3.8) is 0 Å². The lowest BCUT2D eigenvalue weighted by Crippen LogP contribution is -2.39. The van der Waals surface area contributed by atoms with Crippen molar-refractivity contribution in [3.05, 3.63) is 11.3 Å². The Bertz CT molecular complexity index is 367. The molecule has 1 saturated carbocycles. The van der Waals surface area contributed by atoms with Crippen LogP contribution in [0.25, 0.3) is 0 Å². The maximum atomic E-state index is 12.1. The monoisotopic (exact) mass is 237 g/mol. The molecule has 2 rings (SSSR count). The van der Waals surface area contributed by atoms with Gasteiger partial charge in [-0.05, 0) is 25.3 Å². The molecule has 1 fully saturated rings. The molecule has 1 heterocycles. The second kappa shape index (κ2) is 4.90. The summed E-state index contributed by atoms with van der Waals surface area (Å²) in [5, 5.41) is 0. The van der Waals surface area contributed by atoms with Crippen LogP contribution < -0.4 is 0 Å². The molecule has 0 radical (unpaired) electrons. The van der Waals surface area contributed by atoms with Gasteiger partial charge in [-0.2, -0.15) is 0 Å². The molecule has 2 aliphatic rings. The molecule has 17 heavy (non-hydrogen) atoms. The predicted octanol–water partition coefficient (Wildman–Crippen LogP) is 2.00. The molecular weight excluding hydrogens is 218 g/mol. The average Bonchev–Trinajstić information content (AvgIpc) is 2.58. The van der Waals surface area contributed by atoms with E-state index >= 15 is 0 Å². The highest BCUT2D eigenvalue weighted by Gasteiger charge is 2.35. The number of carbonyl (C=O) groups excluding carboxylic acids is 2. The van der Waals surface area contributed by atoms with Gasteiger partial charge in [-0.25, -0.2) is 0 Å². The van der Waals surface area contributed by atoms with Crippen LogP contribution in [-0.4, -0.2) is 29.4 Å². The maximum Gasteiger partial charge on any atom is 0.308 e. The van der Waals surface area contributed by atoms with E-state index in [0.717, 1.165) is 18.4 Å². The van der Waals surface area contributed by atoms with Gasteiger partial charge in [-0.3, -0.25) is 9.59 Å². The van der Waals surface area contributed by atoms with E-state index in [0.29, 0.717) is 12.6 Å². The van der Waals surface area contributed by atoms with Crippen LogP contribution >= 0.6 is 0 Å². The van der Waals surface area contributed by atoms with Crippen LogP contribution in [0.4, 0.5) is 0 Å². The molecule has 1 aliphatic carbocycles. The first-order valence-electron chi connectivity index (χ1n) is 6.28. The summed E-state index contributed by atoms with van der Waals surface area (Å²) < 4.78 is 5.01. The van der Waals surface area contributed by atoms with Crippen LogP contribution in [-0.2, 0) is 14.3 Å². The summed E-state index contributed by atoms with van der Waals surface area (Å²) >= 11 is 0. The van der Waals surface area contributed by atoms with Gasteiger partial charge in [-0.15, -0.1) is 0 Å². The van der Waals surface area contributed by atoms with Crippen molar-refractivity contribution in [1.82, 2.24) is 4.90 Å². The minimum Gasteiger partial charge on any atom is -0.421 e. The minimum atomic E-state index is -0.418. The van der Waals surface area contributed by atoms with E-state index in [2.05, 4.69) is 0 Å². The zero-order valence-electron chi connectivity index (χ0n) is 10.5. The molecule has 0 aromatic heterocycles. The van der Waals surface area contributed by atoms with Gasteiger partial charge >= 0.3 is 5.97 Å². The van der Waals surface area contributed by atoms with Gasteiger partial charge in [0.25, 0.3) is 5.91 Å². The Kier molecular flexibility index (Phi) is 3.50. The Morgan fingerprint density at radius 3 is 2.53 bits per heavy atom. The smallest absolute Gasteiger partial charge is 0.308 e. The fraction of sp³-hybridized carbons (Fsp3) is 0.692. The van der Waals surface area contributed by atoms with Gasteiger partial charge in [0.2, 0.25) is 0 Å². The molecular formula is C13H19NO3. The number of nitrogens with zero attached hydrogens (tertiary/aromatic N) is 1. The number of hydrogen-bond donors (Lipinski definition) is 0. The van der Waals surface area contributed by atoms with Gasteiger partial charge in [0.15, 0.2) is 5.76 Å². The summed E-state index contributed by atoms with van der Waals surface area (Å²) in [7, 11) is 0. The van der Waals surface area contributed by atoms with Gasteiger partial charge in [0.1, 0.15) is 0 Å². The number of amides is 1. The third kappa shape index (κ3) is 2.51. The number of esters is 1. The van der Waals surface area contributed by atoms with Crippen molar-refractivity contribution in [2.45, 2.75) is 52.0 Å². The summed E-state index contributed by atoms with van der Waals surface area (Å²) in [5.41, 5.74) is 0.871. The lowest BCUT2D eigenvalue weighted by molar-refractivity contribution is -0.143. The standard InChI is InChI=1S/C13H19NO3/c1-9-8-14(11-6-4-3-5-7-11)13(16)12(9)17-10(2)15/h11H,3-8H2,1-2H3. The van der Waals surface area contributed by atoms with E-state index in [1.807, 2.05) is 11.8 Å². The zero-order valence-corrected chi connectivity index (χ0v) is 10.5. The van der Waals surface area contributed by atoms with Crippen LogP contribution in [0, 0.1) is 0 Å². The Balaban J connectivity index is 2.05. The Morgan fingerprint density at radius 1 is 1.29 bits per heavy atom. The second-order valence-corrected chi connectivity index (χ2v) is 4.93. The van der Waals surface area contributed by atoms with E-state index in [1.165, 1.54) is 26.2 Å². The number of rotatable bonds is 2. The summed E-state index contributed by atoms with van der Waals surface area (Å²) in [6.45, 7) is 3.81. The van der Waals surface area contributed by atoms with Gasteiger partial charge in [0, 0.05) is 19.5 Å². The molecule has 0 saturated heterocycles. The minimum absolute atomic E-state index is 0.107. The van der Waals surface area contributed by atoms with Crippen molar-refractivity contribution in [2.75, 3.05) is 6.54 Å². The Hall–Kier alpha value is -1.32. The highest BCUT2D eigenvalue weighted by atomic mass is 16.5. The maximum absolute atomic E-state index is 12.1. The lowest BCUT2D eigenvalue weighted by Gasteiger charge is -2.31. The van der Waals surface area contributed by atoms with Gasteiger partial charge in [-0.1, -0.05) is 19.3 Å².